The summed E-state index contributed by atoms with van der Waals surface area (Å²) in [4.78, 5) is 49.2. The Kier molecular flexibility index (Phi) is 6.39. The fourth-order valence-corrected chi connectivity index (χ4v) is 5.25. The first-order valence-corrected chi connectivity index (χ1v) is 11.1. The van der Waals surface area contributed by atoms with E-state index in [1.54, 1.807) is 33.8 Å². The van der Waals surface area contributed by atoms with E-state index in [9.17, 15) is 24.3 Å². The molecule has 0 radical (unpaired) electrons. The summed E-state index contributed by atoms with van der Waals surface area (Å²) in [5.41, 5.74) is -1.57. The van der Waals surface area contributed by atoms with E-state index < -0.39 is 52.8 Å². The molecule has 2 fully saturated rings. The Morgan fingerprint density at radius 2 is 1.91 bits per heavy atom. The highest BCUT2D eigenvalue weighted by Crippen LogP contribution is 2.47. The van der Waals surface area contributed by atoms with Gasteiger partial charge in [-0.2, -0.15) is 0 Å². The van der Waals surface area contributed by atoms with Crippen molar-refractivity contribution in [2.45, 2.75) is 84.5 Å². The highest BCUT2D eigenvalue weighted by atomic mass is 16.6. The molecule has 176 valence electrons. The van der Waals surface area contributed by atoms with Gasteiger partial charge in [0.05, 0.1) is 12.3 Å². The van der Waals surface area contributed by atoms with Crippen LogP contribution in [0.15, 0.2) is 23.0 Å². The van der Waals surface area contributed by atoms with E-state index in [0.717, 1.165) is 5.57 Å². The molecule has 0 saturated carbocycles. The summed E-state index contributed by atoms with van der Waals surface area (Å²) in [7, 11) is 0. The lowest BCUT2D eigenvalue weighted by Gasteiger charge is -2.50. The van der Waals surface area contributed by atoms with Gasteiger partial charge in [0.1, 0.15) is 23.1 Å². The molecule has 8 nitrogen and oxygen atoms in total. The van der Waals surface area contributed by atoms with Gasteiger partial charge in [0, 0.05) is 12.8 Å². The average Bonchev–Trinajstić information content (AvgIpc) is 3.08. The van der Waals surface area contributed by atoms with Crippen LogP contribution in [0.2, 0.25) is 0 Å². The number of hydrogen-bond donors (Lipinski definition) is 1. The SMILES string of the molecule is CC(=O)OC1/C(C)=C\CC2C(C)(CC/C(C)=C3\OC(=O)CC31)OC(=O)C(=O)C2(O)C(C)C. The van der Waals surface area contributed by atoms with Crippen LogP contribution in [-0.4, -0.2) is 46.1 Å². The minimum atomic E-state index is -1.89. The lowest BCUT2D eigenvalue weighted by molar-refractivity contribution is -0.214. The molecule has 1 N–H and O–H groups in total. The predicted molar refractivity (Wildman–Crippen MR) is 113 cm³/mol. The van der Waals surface area contributed by atoms with Gasteiger partial charge in [-0.15, -0.1) is 0 Å². The maximum absolute atomic E-state index is 12.8. The zero-order valence-corrected chi connectivity index (χ0v) is 19.5. The quantitative estimate of drug-likeness (QED) is 0.297. The van der Waals surface area contributed by atoms with Gasteiger partial charge in [0.2, 0.25) is 0 Å². The van der Waals surface area contributed by atoms with E-state index in [0.29, 0.717) is 24.2 Å². The summed E-state index contributed by atoms with van der Waals surface area (Å²) in [6.07, 6.45) is 2.13. The van der Waals surface area contributed by atoms with Gasteiger partial charge in [0.25, 0.3) is 5.78 Å². The van der Waals surface area contributed by atoms with E-state index >= 15 is 0 Å². The Hall–Kier alpha value is -2.48. The Bertz CT molecular complexity index is 913. The smallest absolute Gasteiger partial charge is 0.378 e. The third kappa shape index (κ3) is 4.00. The van der Waals surface area contributed by atoms with E-state index in [1.807, 2.05) is 6.92 Å². The van der Waals surface area contributed by atoms with Gasteiger partial charge >= 0.3 is 17.9 Å². The molecule has 2 saturated heterocycles. The Morgan fingerprint density at radius 1 is 1.25 bits per heavy atom. The third-order valence-corrected chi connectivity index (χ3v) is 7.17. The maximum Gasteiger partial charge on any atom is 0.378 e. The van der Waals surface area contributed by atoms with Crippen molar-refractivity contribution < 1.29 is 38.5 Å². The monoisotopic (exact) mass is 448 g/mol. The van der Waals surface area contributed by atoms with Crippen molar-refractivity contribution >= 4 is 23.7 Å². The lowest BCUT2D eigenvalue weighted by Crippen LogP contribution is -2.66. The van der Waals surface area contributed by atoms with Gasteiger partial charge in [-0.1, -0.05) is 19.9 Å². The molecule has 0 aromatic rings. The Balaban J connectivity index is 2.15. The van der Waals surface area contributed by atoms with E-state index in [4.69, 9.17) is 14.2 Å². The van der Waals surface area contributed by atoms with Gasteiger partial charge in [-0.25, -0.2) is 4.79 Å². The van der Waals surface area contributed by atoms with E-state index in [-0.39, 0.29) is 18.8 Å². The number of ketones is 1. The van der Waals surface area contributed by atoms with Crippen LogP contribution in [0.4, 0.5) is 0 Å². The van der Waals surface area contributed by atoms with Crippen molar-refractivity contribution in [1.29, 1.82) is 0 Å². The number of carbonyl (C=O) groups excluding carboxylic acids is 4. The van der Waals surface area contributed by atoms with E-state index in [2.05, 4.69) is 0 Å². The van der Waals surface area contributed by atoms with Crippen LogP contribution in [0.3, 0.4) is 0 Å². The summed E-state index contributed by atoms with van der Waals surface area (Å²) < 4.78 is 16.7. The molecule has 3 rings (SSSR count). The van der Waals surface area contributed by atoms with Gasteiger partial charge in [-0.3, -0.25) is 14.4 Å². The molecule has 5 atom stereocenters. The van der Waals surface area contributed by atoms with Crippen LogP contribution in [0.1, 0.15) is 67.2 Å². The van der Waals surface area contributed by atoms with Gasteiger partial charge in [0.15, 0.2) is 0 Å². The predicted octanol–water partition coefficient (Wildman–Crippen LogP) is 2.77. The summed E-state index contributed by atoms with van der Waals surface area (Å²) in [5.74, 6) is -4.06. The minimum absolute atomic E-state index is 0.0832. The fraction of sp³-hybridized carbons (Fsp3) is 0.667. The molecule has 1 aliphatic carbocycles. The second kappa shape index (κ2) is 8.46. The number of allylic oxidation sites excluding steroid dienone is 2. The first kappa shape index (κ1) is 24.2. The van der Waals surface area contributed by atoms with E-state index in [1.165, 1.54) is 6.92 Å². The van der Waals surface area contributed by atoms with Crippen LogP contribution in [0.25, 0.3) is 0 Å². The first-order valence-electron chi connectivity index (χ1n) is 11.1. The van der Waals surface area contributed by atoms with Crippen molar-refractivity contribution in [1.82, 2.24) is 0 Å². The fourth-order valence-electron chi connectivity index (χ4n) is 5.25. The molecule has 5 unspecified atom stereocenters. The molecule has 8 heteroatoms. The molecule has 0 amide bonds. The number of ether oxygens (including phenoxy) is 3. The molecule has 2 heterocycles. The number of esters is 3. The third-order valence-electron chi connectivity index (χ3n) is 7.17. The van der Waals surface area contributed by atoms with Gasteiger partial charge < -0.3 is 19.3 Å². The average molecular weight is 449 g/mol. The Morgan fingerprint density at radius 3 is 2.50 bits per heavy atom. The Labute approximate surface area is 188 Å². The normalized spacial score (nSPS) is 39.8. The number of rotatable bonds is 2. The minimum Gasteiger partial charge on any atom is -0.457 e. The maximum atomic E-state index is 12.8. The molecular weight excluding hydrogens is 416 g/mol. The van der Waals surface area contributed by atoms with Crippen molar-refractivity contribution in [2.24, 2.45) is 17.8 Å². The molecule has 2 aliphatic heterocycles. The van der Waals surface area contributed by atoms with Crippen LogP contribution in [-0.2, 0) is 33.4 Å². The molecule has 0 aromatic heterocycles. The topological polar surface area (TPSA) is 116 Å². The zero-order valence-electron chi connectivity index (χ0n) is 19.5. The van der Waals surface area contributed by atoms with Crippen molar-refractivity contribution in [2.75, 3.05) is 0 Å². The number of hydrogen-bond acceptors (Lipinski definition) is 8. The number of carbonyl (C=O) groups is 4. The van der Waals surface area contributed by atoms with Gasteiger partial charge in [-0.05, 0) is 57.1 Å². The molecule has 32 heavy (non-hydrogen) atoms. The molecular formula is C24H32O8. The summed E-state index contributed by atoms with van der Waals surface area (Å²) in [5, 5.41) is 11.5. The molecule has 0 bridgehead atoms. The molecule has 0 aromatic carbocycles. The van der Waals surface area contributed by atoms with Crippen LogP contribution >= 0.6 is 0 Å². The summed E-state index contributed by atoms with van der Waals surface area (Å²) in [6.45, 7) is 10.1. The highest BCUT2D eigenvalue weighted by Gasteiger charge is 2.61. The summed E-state index contributed by atoms with van der Waals surface area (Å²) >= 11 is 0. The second-order valence-electron chi connectivity index (χ2n) is 9.71. The molecule has 0 spiro atoms. The van der Waals surface area contributed by atoms with Crippen LogP contribution in [0, 0.1) is 17.8 Å². The van der Waals surface area contributed by atoms with Crippen molar-refractivity contribution in [3.05, 3.63) is 23.0 Å². The largest absolute Gasteiger partial charge is 0.457 e. The molecule has 3 aliphatic rings. The number of aliphatic hydroxyl groups is 1. The van der Waals surface area contributed by atoms with Crippen LogP contribution < -0.4 is 0 Å². The number of fused-ring (bicyclic) bond motifs is 2. The lowest BCUT2D eigenvalue weighted by atomic mass is 9.63. The number of Topliss-reactive ketones (excluding diaryl/α,β-unsaturated/α-hetero) is 1. The first-order chi connectivity index (χ1) is 14.8. The van der Waals surface area contributed by atoms with Crippen LogP contribution in [0.5, 0.6) is 0 Å². The van der Waals surface area contributed by atoms with Crippen molar-refractivity contribution in [3.8, 4) is 0 Å². The zero-order chi connectivity index (χ0) is 24.0. The second-order valence-corrected chi connectivity index (χ2v) is 9.71. The van der Waals surface area contributed by atoms with Crippen molar-refractivity contribution in [3.63, 3.8) is 0 Å². The highest BCUT2D eigenvalue weighted by molar-refractivity contribution is 6.37. The summed E-state index contributed by atoms with van der Waals surface area (Å²) in [6, 6.07) is 0. The standard InChI is InChI=1S/C24H32O8/c1-12(2)24(29)17-8-7-13(3)19(30-15(5)25)16-11-18(26)31-20(16)14(4)9-10-23(17,6)32-22(28)21(24)27/h7,12,16-17,19,29H,8-11H2,1-6H3/b13-7-,20-14-.